The summed E-state index contributed by atoms with van der Waals surface area (Å²) in [5.74, 6) is 0.0943. The zero-order valence-electron chi connectivity index (χ0n) is 16.0. The van der Waals surface area contributed by atoms with Crippen LogP contribution in [0, 0.1) is 5.92 Å². The highest BCUT2D eigenvalue weighted by atomic mass is 16.5. The Bertz CT molecular complexity index is 625. The Kier molecular flexibility index (Phi) is 7.26. The van der Waals surface area contributed by atoms with Gasteiger partial charge in [-0.25, -0.2) is 0 Å². The maximum Gasteiger partial charge on any atom is 0.313 e. The van der Waals surface area contributed by atoms with Crippen molar-refractivity contribution in [2.75, 3.05) is 39.2 Å². The lowest BCUT2D eigenvalue weighted by atomic mass is 9.96. The first kappa shape index (κ1) is 20.0. The summed E-state index contributed by atoms with van der Waals surface area (Å²) in [5, 5.41) is 5.32. The van der Waals surface area contributed by atoms with Crippen molar-refractivity contribution in [3.63, 3.8) is 0 Å². The fourth-order valence-corrected chi connectivity index (χ4v) is 3.08. The van der Waals surface area contributed by atoms with E-state index < -0.39 is 11.8 Å². The molecule has 2 amide bonds. The number of amides is 2. The second-order valence-electron chi connectivity index (χ2n) is 6.80. The summed E-state index contributed by atoms with van der Waals surface area (Å²) in [6, 6.07) is 5.56. The first-order valence-electron chi connectivity index (χ1n) is 8.99. The second-order valence-corrected chi connectivity index (χ2v) is 6.80. The van der Waals surface area contributed by atoms with Crippen LogP contribution < -0.4 is 20.1 Å². The lowest BCUT2D eigenvalue weighted by Gasteiger charge is -2.34. The lowest BCUT2D eigenvalue weighted by molar-refractivity contribution is -0.136. The minimum absolute atomic E-state index is 0.400. The van der Waals surface area contributed by atoms with E-state index in [1.165, 1.54) is 14.2 Å². The molecule has 144 valence electrons. The van der Waals surface area contributed by atoms with Gasteiger partial charge >= 0.3 is 11.8 Å². The third kappa shape index (κ3) is 5.36. The molecule has 0 atom stereocenters. The topological polar surface area (TPSA) is 79.9 Å². The zero-order chi connectivity index (χ0) is 19.1. The number of piperidine rings is 1. The fourth-order valence-electron chi connectivity index (χ4n) is 3.08. The standard InChI is InChI=1S/C19H29N3O4/c1-13(2)22-9-7-14(8-10-22)12-20-18(23)19(24)21-16-11-15(25-3)5-6-17(16)26-4/h5-6,11,13-14H,7-10,12H2,1-4H3,(H,20,23)(H,21,24). The monoisotopic (exact) mass is 363 g/mol. The molecule has 0 aromatic heterocycles. The Morgan fingerprint density at radius 2 is 1.85 bits per heavy atom. The third-order valence-electron chi connectivity index (χ3n) is 4.79. The number of carbonyl (C=O) groups is 2. The molecule has 7 heteroatoms. The maximum atomic E-state index is 12.2. The molecule has 1 aromatic carbocycles. The average Bonchev–Trinajstić information content (AvgIpc) is 2.66. The van der Waals surface area contributed by atoms with Gasteiger partial charge in [0.1, 0.15) is 11.5 Å². The van der Waals surface area contributed by atoms with Crippen LogP contribution in [0.15, 0.2) is 18.2 Å². The molecule has 1 aliphatic heterocycles. The fraction of sp³-hybridized carbons (Fsp3) is 0.579. The van der Waals surface area contributed by atoms with Gasteiger partial charge in [0.2, 0.25) is 0 Å². The van der Waals surface area contributed by atoms with Gasteiger partial charge in [-0.15, -0.1) is 0 Å². The predicted octanol–water partition coefficient (Wildman–Crippen LogP) is 1.88. The molecule has 1 saturated heterocycles. The average molecular weight is 363 g/mol. The van der Waals surface area contributed by atoms with E-state index in [1.807, 2.05) is 0 Å². The summed E-state index contributed by atoms with van der Waals surface area (Å²) in [5.41, 5.74) is 0.400. The van der Waals surface area contributed by atoms with Crippen LogP contribution in [-0.4, -0.2) is 56.6 Å². The van der Waals surface area contributed by atoms with Crippen molar-refractivity contribution in [2.45, 2.75) is 32.7 Å². The molecule has 0 spiro atoms. The first-order valence-corrected chi connectivity index (χ1v) is 8.99. The second kappa shape index (κ2) is 9.43. The number of methoxy groups -OCH3 is 2. The molecular weight excluding hydrogens is 334 g/mol. The van der Waals surface area contributed by atoms with E-state index in [9.17, 15) is 9.59 Å². The minimum atomic E-state index is -0.712. The Labute approximate surface area is 155 Å². The summed E-state index contributed by atoms with van der Waals surface area (Å²) >= 11 is 0. The number of nitrogens with one attached hydrogen (secondary N) is 2. The van der Waals surface area contributed by atoms with E-state index in [0.717, 1.165) is 25.9 Å². The summed E-state index contributed by atoms with van der Waals surface area (Å²) in [4.78, 5) is 26.7. The number of benzene rings is 1. The molecule has 7 nitrogen and oxygen atoms in total. The SMILES string of the molecule is COc1ccc(OC)c(NC(=O)C(=O)NCC2CCN(C(C)C)CC2)c1. The van der Waals surface area contributed by atoms with Gasteiger partial charge < -0.3 is 25.0 Å². The first-order chi connectivity index (χ1) is 12.4. The van der Waals surface area contributed by atoms with Crippen molar-refractivity contribution in [3.05, 3.63) is 18.2 Å². The van der Waals surface area contributed by atoms with Crippen molar-refractivity contribution in [1.29, 1.82) is 0 Å². The van der Waals surface area contributed by atoms with Crippen molar-refractivity contribution in [2.24, 2.45) is 5.92 Å². The van der Waals surface area contributed by atoms with E-state index in [4.69, 9.17) is 9.47 Å². The quantitative estimate of drug-likeness (QED) is 0.755. The third-order valence-corrected chi connectivity index (χ3v) is 4.79. The van der Waals surface area contributed by atoms with Crippen LogP contribution >= 0.6 is 0 Å². The normalized spacial score (nSPS) is 15.6. The maximum absolute atomic E-state index is 12.2. The summed E-state index contributed by atoms with van der Waals surface area (Å²) < 4.78 is 10.3. The van der Waals surface area contributed by atoms with E-state index in [0.29, 0.717) is 35.7 Å². The summed E-state index contributed by atoms with van der Waals surface area (Å²) in [6.45, 7) is 6.98. The minimum Gasteiger partial charge on any atom is -0.497 e. The van der Waals surface area contributed by atoms with E-state index in [-0.39, 0.29) is 0 Å². The molecule has 0 bridgehead atoms. The summed E-state index contributed by atoms with van der Waals surface area (Å²) in [6.07, 6.45) is 2.06. The zero-order valence-corrected chi connectivity index (χ0v) is 16.0. The van der Waals surface area contributed by atoms with Crippen molar-refractivity contribution >= 4 is 17.5 Å². The molecule has 1 heterocycles. The molecule has 0 unspecified atom stereocenters. The predicted molar refractivity (Wildman–Crippen MR) is 101 cm³/mol. The van der Waals surface area contributed by atoms with Gasteiger partial charge in [0.15, 0.2) is 0 Å². The number of likely N-dealkylation sites (tertiary alicyclic amines) is 1. The van der Waals surface area contributed by atoms with Crippen LogP contribution in [0.4, 0.5) is 5.69 Å². The molecule has 26 heavy (non-hydrogen) atoms. The lowest BCUT2D eigenvalue weighted by Crippen LogP contribution is -2.43. The molecule has 0 aliphatic carbocycles. The van der Waals surface area contributed by atoms with E-state index in [2.05, 4.69) is 29.4 Å². The molecule has 1 fully saturated rings. The molecule has 1 aromatic rings. The van der Waals surface area contributed by atoms with Crippen LogP contribution in [-0.2, 0) is 9.59 Å². The van der Waals surface area contributed by atoms with Crippen molar-refractivity contribution in [3.8, 4) is 11.5 Å². The van der Waals surface area contributed by atoms with Gasteiger partial charge in [-0.3, -0.25) is 9.59 Å². The number of carbonyl (C=O) groups excluding carboxylic acids is 2. The largest absolute Gasteiger partial charge is 0.497 e. The van der Waals surface area contributed by atoms with Gasteiger partial charge in [-0.2, -0.15) is 0 Å². The van der Waals surface area contributed by atoms with Crippen molar-refractivity contribution in [1.82, 2.24) is 10.2 Å². The summed E-state index contributed by atoms with van der Waals surface area (Å²) in [7, 11) is 3.03. The smallest absolute Gasteiger partial charge is 0.313 e. The number of ether oxygens (including phenoxy) is 2. The Hall–Kier alpha value is -2.28. The molecule has 1 aliphatic rings. The van der Waals surface area contributed by atoms with Gasteiger partial charge in [0, 0.05) is 18.7 Å². The highest BCUT2D eigenvalue weighted by molar-refractivity contribution is 6.39. The van der Waals surface area contributed by atoms with Crippen LogP contribution in [0.1, 0.15) is 26.7 Å². The number of rotatable bonds is 6. The highest BCUT2D eigenvalue weighted by Gasteiger charge is 2.23. The number of hydrogen-bond acceptors (Lipinski definition) is 5. The van der Waals surface area contributed by atoms with Gasteiger partial charge in [0.25, 0.3) is 0 Å². The molecule has 0 saturated carbocycles. The van der Waals surface area contributed by atoms with Crippen LogP contribution in [0.2, 0.25) is 0 Å². The van der Waals surface area contributed by atoms with Crippen molar-refractivity contribution < 1.29 is 19.1 Å². The van der Waals surface area contributed by atoms with Crippen LogP contribution in [0.25, 0.3) is 0 Å². The number of hydrogen-bond donors (Lipinski definition) is 2. The van der Waals surface area contributed by atoms with E-state index in [1.54, 1.807) is 18.2 Å². The van der Waals surface area contributed by atoms with Gasteiger partial charge in [0.05, 0.1) is 19.9 Å². The van der Waals surface area contributed by atoms with Crippen LogP contribution in [0.5, 0.6) is 11.5 Å². The molecular formula is C19H29N3O4. The number of nitrogens with zero attached hydrogens (tertiary/aromatic N) is 1. The van der Waals surface area contributed by atoms with Gasteiger partial charge in [-0.05, 0) is 57.8 Å². The van der Waals surface area contributed by atoms with Crippen LogP contribution in [0.3, 0.4) is 0 Å². The van der Waals surface area contributed by atoms with Gasteiger partial charge in [-0.1, -0.05) is 0 Å². The Morgan fingerprint density at radius 1 is 1.15 bits per heavy atom. The Morgan fingerprint density at radius 3 is 2.42 bits per heavy atom. The Balaban J connectivity index is 1.84. The highest BCUT2D eigenvalue weighted by Crippen LogP contribution is 2.28. The number of anilines is 1. The molecule has 2 rings (SSSR count). The molecule has 0 radical (unpaired) electrons. The van der Waals surface area contributed by atoms with E-state index >= 15 is 0 Å². The molecule has 2 N–H and O–H groups in total.